The fourth-order valence-corrected chi connectivity index (χ4v) is 4.77. The molecule has 3 rings (SSSR count). The highest BCUT2D eigenvalue weighted by molar-refractivity contribution is 5.82. The normalized spacial score (nSPS) is 34.2. The molecular weight excluding hydrogens is 318 g/mol. The van der Waals surface area contributed by atoms with Crippen LogP contribution >= 0.6 is 0 Å². The number of likely N-dealkylation sites (tertiary alicyclic amines) is 1. The summed E-state index contributed by atoms with van der Waals surface area (Å²) in [6.07, 6.45) is 3.39. The minimum Gasteiger partial charge on any atom is -0.466 e. The zero-order chi connectivity index (χ0) is 18.0. The molecule has 1 aliphatic carbocycles. The van der Waals surface area contributed by atoms with Gasteiger partial charge in [-0.2, -0.15) is 0 Å². The molecule has 1 saturated carbocycles. The van der Waals surface area contributed by atoms with Gasteiger partial charge in [0.1, 0.15) is 0 Å². The van der Waals surface area contributed by atoms with Crippen LogP contribution in [0.4, 0.5) is 0 Å². The largest absolute Gasteiger partial charge is 0.466 e. The summed E-state index contributed by atoms with van der Waals surface area (Å²) >= 11 is 0. The summed E-state index contributed by atoms with van der Waals surface area (Å²) in [7, 11) is 0. The quantitative estimate of drug-likeness (QED) is 0.477. The molecule has 0 radical (unpaired) electrons. The maximum Gasteiger partial charge on any atom is 0.310 e. The van der Waals surface area contributed by atoms with E-state index in [4.69, 9.17) is 14.5 Å². The first-order chi connectivity index (χ1) is 12.0. The number of fused-ring (bicyclic) bond motifs is 1. The number of carbonyl (C=O) groups is 1. The average Bonchev–Trinajstić information content (AvgIpc) is 3.06. The molecule has 2 saturated heterocycles. The molecule has 0 bridgehead atoms. The maximum atomic E-state index is 12.1. The molecule has 142 valence electrons. The predicted molar refractivity (Wildman–Crippen MR) is 97.5 cm³/mol. The highest BCUT2D eigenvalue weighted by Gasteiger charge is 2.59. The van der Waals surface area contributed by atoms with Gasteiger partial charge in [0.15, 0.2) is 5.96 Å². The summed E-state index contributed by atoms with van der Waals surface area (Å²) in [4.78, 5) is 19.1. The molecule has 2 aliphatic heterocycles. The minimum atomic E-state index is -0.0729. The number of aliphatic imine (C=N–C) groups is 1. The van der Waals surface area contributed by atoms with Crippen molar-refractivity contribution >= 4 is 11.9 Å². The summed E-state index contributed by atoms with van der Waals surface area (Å²) < 4.78 is 11.1. The van der Waals surface area contributed by atoms with Gasteiger partial charge in [0.25, 0.3) is 0 Å². The van der Waals surface area contributed by atoms with Crippen LogP contribution in [0.3, 0.4) is 0 Å². The van der Waals surface area contributed by atoms with Crippen molar-refractivity contribution in [1.82, 2.24) is 10.2 Å². The number of hydrogen-bond donors (Lipinski definition) is 1. The lowest BCUT2D eigenvalue weighted by Gasteiger charge is -2.55. The third kappa shape index (κ3) is 3.50. The highest BCUT2D eigenvalue weighted by atomic mass is 16.5. The van der Waals surface area contributed by atoms with Crippen LogP contribution in [0.1, 0.15) is 47.0 Å². The molecular formula is C19H33N3O3. The van der Waals surface area contributed by atoms with Gasteiger partial charge in [-0.25, -0.2) is 0 Å². The van der Waals surface area contributed by atoms with Gasteiger partial charge < -0.3 is 19.7 Å². The van der Waals surface area contributed by atoms with Gasteiger partial charge in [-0.3, -0.25) is 9.79 Å². The van der Waals surface area contributed by atoms with Gasteiger partial charge in [0.05, 0.1) is 18.6 Å². The van der Waals surface area contributed by atoms with E-state index in [0.717, 1.165) is 44.9 Å². The number of rotatable bonds is 4. The van der Waals surface area contributed by atoms with Gasteiger partial charge in [0.2, 0.25) is 0 Å². The van der Waals surface area contributed by atoms with E-state index < -0.39 is 0 Å². The first-order valence-corrected chi connectivity index (χ1v) is 9.83. The van der Waals surface area contributed by atoms with Crippen LogP contribution in [-0.2, 0) is 14.3 Å². The third-order valence-corrected chi connectivity index (χ3v) is 6.03. The lowest BCUT2D eigenvalue weighted by Crippen LogP contribution is -2.68. The molecule has 2 heterocycles. The Morgan fingerprint density at radius 1 is 1.36 bits per heavy atom. The molecule has 6 heteroatoms. The van der Waals surface area contributed by atoms with Gasteiger partial charge in [-0.15, -0.1) is 0 Å². The van der Waals surface area contributed by atoms with Gasteiger partial charge >= 0.3 is 5.97 Å². The zero-order valence-corrected chi connectivity index (χ0v) is 16.1. The van der Waals surface area contributed by atoms with Crippen molar-refractivity contribution in [2.24, 2.45) is 22.2 Å². The van der Waals surface area contributed by atoms with Gasteiger partial charge in [-0.05, 0) is 33.1 Å². The van der Waals surface area contributed by atoms with Crippen LogP contribution in [0.25, 0.3) is 0 Å². The standard InChI is InChI=1S/C19H33N3O3/c1-5-20-18(21-15-14-9-11-25-16(14)19(15,3)4)22-10-7-8-13(12-22)17(23)24-6-2/h13-16H,5-12H2,1-4H3,(H,20,21). The van der Waals surface area contributed by atoms with Gasteiger partial charge in [-0.1, -0.05) is 13.8 Å². The molecule has 0 aromatic heterocycles. The Labute approximate surface area is 151 Å². The number of guanidine groups is 1. The fraction of sp³-hybridized carbons (Fsp3) is 0.895. The third-order valence-electron chi connectivity index (χ3n) is 6.03. The molecule has 1 N–H and O–H groups in total. The van der Waals surface area contributed by atoms with Crippen molar-refractivity contribution in [3.63, 3.8) is 0 Å². The Morgan fingerprint density at radius 2 is 2.16 bits per heavy atom. The molecule has 3 aliphatic rings. The second-order valence-electron chi connectivity index (χ2n) is 8.02. The van der Waals surface area contributed by atoms with E-state index in [1.807, 2.05) is 6.92 Å². The fourth-order valence-electron chi connectivity index (χ4n) is 4.77. The summed E-state index contributed by atoms with van der Waals surface area (Å²) in [6.45, 7) is 12.2. The highest BCUT2D eigenvalue weighted by Crippen LogP contribution is 2.52. The second-order valence-corrected chi connectivity index (χ2v) is 8.02. The minimum absolute atomic E-state index is 0.0467. The predicted octanol–water partition coefficient (Wildman–Crippen LogP) is 2.04. The van der Waals surface area contributed by atoms with E-state index in [0.29, 0.717) is 31.2 Å². The van der Waals surface area contributed by atoms with Crippen LogP contribution in [0.5, 0.6) is 0 Å². The lowest BCUT2D eigenvalue weighted by molar-refractivity contribution is -0.149. The SMILES string of the molecule is CCN=C(NC1C2CCOC2C1(C)C)N1CCCC(C(=O)OCC)C1. The average molecular weight is 351 g/mol. The number of hydrogen-bond acceptors (Lipinski definition) is 4. The van der Waals surface area contributed by atoms with Crippen molar-refractivity contribution in [2.45, 2.75) is 59.1 Å². The summed E-state index contributed by atoms with van der Waals surface area (Å²) in [6, 6.07) is 0.383. The molecule has 0 spiro atoms. The van der Waals surface area contributed by atoms with Crippen LogP contribution < -0.4 is 5.32 Å². The van der Waals surface area contributed by atoms with Crippen molar-refractivity contribution in [2.75, 3.05) is 32.8 Å². The molecule has 25 heavy (non-hydrogen) atoms. The number of piperidine rings is 1. The summed E-state index contributed by atoms with van der Waals surface area (Å²) in [5, 5.41) is 3.72. The van der Waals surface area contributed by atoms with E-state index >= 15 is 0 Å². The van der Waals surface area contributed by atoms with Gasteiger partial charge in [0, 0.05) is 43.6 Å². The number of ether oxygens (including phenoxy) is 2. The molecule has 0 aromatic rings. The van der Waals surface area contributed by atoms with Crippen molar-refractivity contribution in [1.29, 1.82) is 0 Å². The summed E-state index contributed by atoms with van der Waals surface area (Å²) in [5.74, 6) is 1.40. The number of carbonyl (C=O) groups excluding carboxylic acids is 1. The number of nitrogens with one attached hydrogen (secondary N) is 1. The molecule has 6 nitrogen and oxygen atoms in total. The first-order valence-electron chi connectivity index (χ1n) is 9.83. The van der Waals surface area contributed by atoms with Crippen LogP contribution in [0, 0.1) is 17.3 Å². The van der Waals surface area contributed by atoms with E-state index in [1.165, 1.54) is 0 Å². The van der Waals surface area contributed by atoms with E-state index in [1.54, 1.807) is 0 Å². The van der Waals surface area contributed by atoms with E-state index in [9.17, 15) is 4.79 Å². The Balaban J connectivity index is 1.67. The zero-order valence-electron chi connectivity index (χ0n) is 16.1. The molecule has 4 unspecified atom stereocenters. The van der Waals surface area contributed by atoms with Crippen LogP contribution in [-0.4, -0.2) is 61.8 Å². The second kappa shape index (κ2) is 7.52. The Morgan fingerprint density at radius 3 is 2.88 bits per heavy atom. The monoisotopic (exact) mass is 351 g/mol. The number of nitrogens with zero attached hydrogens (tertiary/aromatic N) is 2. The van der Waals surface area contributed by atoms with Crippen molar-refractivity contribution < 1.29 is 14.3 Å². The smallest absolute Gasteiger partial charge is 0.310 e. The van der Waals surface area contributed by atoms with Crippen LogP contribution in [0.2, 0.25) is 0 Å². The Hall–Kier alpha value is -1.30. The number of esters is 1. The van der Waals surface area contributed by atoms with E-state index in [-0.39, 0.29) is 17.3 Å². The summed E-state index contributed by atoms with van der Waals surface area (Å²) in [5.41, 5.74) is 0.117. The van der Waals surface area contributed by atoms with Crippen LogP contribution in [0.15, 0.2) is 4.99 Å². The first kappa shape index (κ1) is 18.5. The lowest BCUT2D eigenvalue weighted by atomic mass is 9.57. The topological polar surface area (TPSA) is 63.2 Å². The Bertz CT molecular complexity index is 520. The molecule has 0 amide bonds. The Kier molecular flexibility index (Phi) is 5.56. The molecule has 4 atom stereocenters. The van der Waals surface area contributed by atoms with Crippen molar-refractivity contribution in [3.05, 3.63) is 0 Å². The molecule has 3 fully saturated rings. The maximum absolute atomic E-state index is 12.1. The van der Waals surface area contributed by atoms with E-state index in [2.05, 4.69) is 31.0 Å². The van der Waals surface area contributed by atoms with Crippen molar-refractivity contribution in [3.8, 4) is 0 Å². The molecule has 0 aromatic carbocycles.